The van der Waals surface area contributed by atoms with Crippen LogP contribution in [0, 0.1) is 19.3 Å². The molecule has 15 heavy (non-hydrogen) atoms. The number of amidine groups is 1. The maximum Gasteiger partial charge on any atom is 0.119 e. The van der Waals surface area contributed by atoms with E-state index in [2.05, 4.69) is 0 Å². The van der Waals surface area contributed by atoms with Crippen molar-refractivity contribution in [3.8, 4) is 5.75 Å². The highest BCUT2D eigenvalue weighted by Crippen LogP contribution is 2.25. The van der Waals surface area contributed by atoms with Gasteiger partial charge in [0.25, 0.3) is 0 Å². The summed E-state index contributed by atoms with van der Waals surface area (Å²) in [5, 5.41) is 7.83. The minimum atomic E-state index is 0.136. The van der Waals surface area contributed by atoms with E-state index in [0.717, 1.165) is 21.9 Å². The number of nitrogens with two attached hydrogens (primary N) is 1. The van der Waals surface area contributed by atoms with Crippen LogP contribution in [0.3, 0.4) is 0 Å². The molecular formula is C11H15ClN2O. The second-order valence-corrected chi connectivity index (χ2v) is 3.87. The number of halogens is 1. The van der Waals surface area contributed by atoms with Gasteiger partial charge in [0.1, 0.15) is 5.75 Å². The fourth-order valence-electron chi connectivity index (χ4n) is 1.27. The van der Waals surface area contributed by atoms with Crippen LogP contribution in [-0.4, -0.2) is 12.4 Å². The predicted molar refractivity (Wildman–Crippen MR) is 63.0 cm³/mol. The molecule has 0 aromatic heterocycles. The van der Waals surface area contributed by atoms with Gasteiger partial charge in [0.2, 0.25) is 0 Å². The Labute approximate surface area is 94.7 Å². The van der Waals surface area contributed by atoms with Crippen LogP contribution in [0.2, 0.25) is 5.02 Å². The van der Waals surface area contributed by atoms with Crippen molar-refractivity contribution >= 4 is 17.4 Å². The van der Waals surface area contributed by atoms with Crippen molar-refractivity contribution < 1.29 is 4.74 Å². The van der Waals surface area contributed by atoms with E-state index < -0.39 is 0 Å². The zero-order chi connectivity index (χ0) is 11.4. The Morgan fingerprint density at radius 1 is 1.40 bits per heavy atom. The molecule has 3 nitrogen and oxygen atoms in total. The molecule has 3 N–H and O–H groups in total. The van der Waals surface area contributed by atoms with Crippen LogP contribution in [-0.2, 0) is 0 Å². The summed E-state index contributed by atoms with van der Waals surface area (Å²) in [7, 11) is 0. The van der Waals surface area contributed by atoms with Crippen molar-refractivity contribution in [3.63, 3.8) is 0 Å². The van der Waals surface area contributed by atoms with Gasteiger partial charge >= 0.3 is 0 Å². The quantitative estimate of drug-likeness (QED) is 0.613. The summed E-state index contributed by atoms with van der Waals surface area (Å²) in [6.45, 7) is 4.30. The second-order valence-electron chi connectivity index (χ2n) is 3.49. The largest absolute Gasteiger partial charge is 0.493 e. The number of rotatable bonds is 4. The second kappa shape index (κ2) is 5.03. The number of nitrogens with one attached hydrogen (secondary N) is 1. The van der Waals surface area contributed by atoms with Crippen LogP contribution in [0.5, 0.6) is 5.75 Å². The van der Waals surface area contributed by atoms with Crippen LogP contribution >= 0.6 is 11.6 Å². The van der Waals surface area contributed by atoms with E-state index in [9.17, 15) is 0 Å². The summed E-state index contributed by atoms with van der Waals surface area (Å²) >= 11 is 6.02. The van der Waals surface area contributed by atoms with Gasteiger partial charge in [-0.2, -0.15) is 0 Å². The average Bonchev–Trinajstić information content (AvgIpc) is 2.13. The minimum Gasteiger partial charge on any atom is -0.493 e. The Morgan fingerprint density at radius 3 is 2.40 bits per heavy atom. The smallest absolute Gasteiger partial charge is 0.119 e. The van der Waals surface area contributed by atoms with Crippen LogP contribution in [0.25, 0.3) is 0 Å². The fourth-order valence-corrected chi connectivity index (χ4v) is 1.38. The van der Waals surface area contributed by atoms with Crippen molar-refractivity contribution in [1.82, 2.24) is 0 Å². The van der Waals surface area contributed by atoms with Crippen molar-refractivity contribution in [2.75, 3.05) is 6.61 Å². The van der Waals surface area contributed by atoms with Crippen molar-refractivity contribution in [2.24, 2.45) is 5.73 Å². The molecule has 0 amide bonds. The lowest BCUT2D eigenvalue weighted by atomic mass is 10.1. The molecule has 0 radical (unpaired) electrons. The van der Waals surface area contributed by atoms with Gasteiger partial charge in [-0.25, -0.2) is 0 Å². The van der Waals surface area contributed by atoms with Crippen molar-refractivity contribution in [3.05, 3.63) is 28.3 Å². The molecular weight excluding hydrogens is 212 g/mol. The number of hydrogen-bond acceptors (Lipinski definition) is 2. The SMILES string of the molecule is Cc1cc(OCCC(=N)N)cc(C)c1Cl. The van der Waals surface area contributed by atoms with E-state index in [1.807, 2.05) is 26.0 Å². The van der Waals surface area contributed by atoms with E-state index >= 15 is 0 Å². The van der Waals surface area contributed by atoms with E-state index in [-0.39, 0.29) is 5.84 Å². The molecule has 0 aliphatic rings. The molecule has 0 atom stereocenters. The summed E-state index contributed by atoms with van der Waals surface area (Å²) < 4.78 is 5.45. The summed E-state index contributed by atoms with van der Waals surface area (Å²) in [6.07, 6.45) is 0.445. The van der Waals surface area contributed by atoms with Gasteiger partial charge in [0.15, 0.2) is 0 Å². The molecule has 0 spiro atoms. The lowest BCUT2D eigenvalue weighted by Crippen LogP contribution is -2.13. The fraction of sp³-hybridized carbons (Fsp3) is 0.364. The Bertz CT molecular complexity index is 354. The highest BCUT2D eigenvalue weighted by Gasteiger charge is 2.03. The first-order valence-electron chi connectivity index (χ1n) is 4.73. The molecule has 1 rings (SSSR count). The van der Waals surface area contributed by atoms with Crippen LogP contribution in [0.4, 0.5) is 0 Å². The average molecular weight is 227 g/mol. The normalized spacial score (nSPS) is 10.1. The molecule has 0 aliphatic heterocycles. The first kappa shape index (κ1) is 11.9. The van der Waals surface area contributed by atoms with E-state index in [1.165, 1.54) is 0 Å². The lowest BCUT2D eigenvalue weighted by molar-refractivity contribution is 0.328. The Balaban J connectivity index is 2.66. The van der Waals surface area contributed by atoms with Crippen LogP contribution in [0.1, 0.15) is 17.5 Å². The third-order valence-corrected chi connectivity index (χ3v) is 2.65. The number of ether oxygens (including phenoxy) is 1. The Kier molecular flexibility index (Phi) is 3.97. The summed E-state index contributed by atoms with van der Waals surface area (Å²) in [6, 6.07) is 3.77. The lowest BCUT2D eigenvalue weighted by Gasteiger charge is -2.09. The standard InChI is InChI=1S/C11H15ClN2O/c1-7-5-9(6-8(2)11(7)12)15-4-3-10(13)14/h5-6H,3-4H2,1-2H3,(H3,13,14). The molecule has 4 heteroatoms. The zero-order valence-corrected chi connectivity index (χ0v) is 9.69. The van der Waals surface area contributed by atoms with Crippen LogP contribution < -0.4 is 10.5 Å². The van der Waals surface area contributed by atoms with Gasteiger partial charge in [-0.1, -0.05) is 11.6 Å². The number of aryl methyl sites for hydroxylation is 2. The summed E-state index contributed by atoms with van der Waals surface area (Å²) in [5.74, 6) is 0.910. The Hall–Kier alpha value is -1.22. The predicted octanol–water partition coefficient (Wildman–Crippen LogP) is 2.66. The number of hydrogen-bond donors (Lipinski definition) is 2. The number of benzene rings is 1. The Morgan fingerprint density at radius 2 is 1.93 bits per heavy atom. The monoisotopic (exact) mass is 226 g/mol. The van der Waals surface area contributed by atoms with E-state index in [0.29, 0.717) is 13.0 Å². The molecule has 0 unspecified atom stereocenters. The highest BCUT2D eigenvalue weighted by atomic mass is 35.5. The summed E-state index contributed by atoms with van der Waals surface area (Å²) in [4.78, 5) is 0. The van der Waals surface area contributed by atoms with Gasteiger partial charge in [-0.3, -0.25) is 5.41 Å². The molecule has 1 aromatic rings. The first-order chi connectivity index (χ1) is 7.00. The van der Waals surface area contributed by atoms with Gasteiger partial charge in [0, 0.05) is 11.4 Å². The van der Waals surface area contributed by atoms with Crippen molar-refractivity contribution in [2.45, 2.75) is 20.3 Å². The molecule has 0 bridgehead atoms. The summed E-state index contributed by atoms with van der Waals surface area (Å²) in [5.41, 5.74) is 7.21. The first-order valence-corrected chi connectivity index (χ1v) is 5.11. The van der Waals surface area contributed by atoms with Crippen molar-refractivity contribution in [1.29, 1.82) is 5.41 Å². The van der Waals surface area contributed by atoms with Gasteiger partial charge in [-0.15, -0.1) is 0 Å². The van der Waals surface area contributed by atoms with Gasteiger partial charge in [-0.05, 0) is 37.1 Å². The van der Waals surface area contributed by atoms with Gasteiger partial charge < -0.3 is 10.5 Å². The third kappa shape index (κ3) is 3.44. The maximum absolute atomic E-state index is 7.06. The van der Waals surface area contributed by atoms with E-state index in [4.69, 9.17) is 27.5 Å². The van der Waals surface area contributed by atoms with Crippen LogP contribution in [0.15, 0.2) is 12.1 Å². The minimum absolute atomic E-state index is 0.136. The third-order valence-electron chi connectivity index (χ3n) is 2.05. The molecule has 0 saturated heterocycles. The molecule has 0 heterocycles. The molecule has 0 saturated carbocycles. The zero-order valence-electron chi connectivity index (χ0n) is 8.93. The molecule has 0 aliphatic carbocycles. The topological polar surface area (TPSA) is 59.1 Å². The van der Waals surface area contributed by atoms with E-state index in [1.54, 1.807) is 0 Å². The highest BCUT2D eigenvalue weighted by molar-refractivity contribution is 6.32. The maximum atomic E-state index is 7.06. The van der Waals surface area contributed by atoms with Gasteiger partial charge in [0.05, 0.1) is 12.4 Å². The molecule has 0 fully saturated rings. The molecule has 82 valence electrons. The molecule has 1 aromatic carbocycles.